The molecule has 88 valence electrons. The summed E-state index contributed by atoms with van der Waals surface area (Å²) in [4.78, 5) is 10.7. The first kappa shape index (κ1) is 12.0. The van der Waals surface area contributed by atoms with Gasteiger partial charge in [0.1, 0.15) is 0 Å². The molecule has 0 saturated carbocycles. The van der Waals surface area contributed by atoms with Gasteiger partial charge in [0.25, 0.3) is 0 Å². The number of benzene rings is 1. The molecule has 0 bridgehead atoms. The third-order valence-electron chi connectivity index (χ3n) is 2.51. The monoisotopic (exact) mass is 291 g/mol. The van der Waals surface area contributed by atoms with Crippen molar-refractivity contribution in [2.24, 2.45) is 0 Å². The zero-order valence-electron chi connectivity index (χ0n) is 9.89. The minimum atomic E-state index is 0.722. The molecule has 17 heavy (non-hydrogen) atoms. The topological polar surface area (TPSA) is 29.0 Å². The first-order chi connectivity index (χ1) is 8.20. The molecule has 1 heterocycles. The third-order valence-corrected chi connectivity index (χ3v) is 2.92. The average Bonchev–Trinajstić information content (AvgIpc) is 2.35. The highest BCUT2D eigenvalue weighted by atomic mass is 79.9. The van der Waals surface area contributed by atoms with Crippen LogP contribution in [0, 0.1) is 6.92 Å². The van der Waals surface area contributed by atoms with Gasteiger partial charge in [-0.2, -0.15) is 0 Å². The van der Waals surface area contributed by atoms with Crippen LogP contribution in [-0.2, 0) is 0 Å². The summed E-state index contributed by atoms with van der Waals surface area (Å²) >= 11 is 3.34. The molecule has 2 rings (SSSR count). The summed E-state index contributed by atoms with van der Waals surface area (Å²) in [5.74, 6) is 0.722. The molecule has 2 aromatic rings. The summed E-state index contributed by atoms with van der Waals surface area (Å²) < 4.78 is 0.890. The Kier molecular flexibility index (Phi) is 3.74. The van der Waals surface area contributed by atoms with Crippen LogP contribution in [-0.4, -0.2) is 16.5 Å². The lowest BCUT2D eigenvalue weighted by molar-refractivity contribution is 0.943. The van der Waals surface area contributed by atoms with E-state index in [1.165, 1.54) is 5.56 Å². The Morgan fingerprint density at radius 3 is 2.24 bits per heavy atom. The molecular formula is C13H14BrN3. The maximum absolute atomic E-state index is 4.32. The van der Waals surface area contributed by atoms with Gasteiger partial charge >= 0.3 is 0 Å². The number of halogens is 1. The standard InChI is InChI=1S/C13H14BrN3/c1-3-17(12-6-4-10(2)5-7-12)13-15-8-11(14)9-16-13/h4-9H,3H2,1-2H3. The predicted molar refractivity (Wildman–Crippen MR) is 73.6 cm³/mol. The van der Waals surface area contributed by atoms with Crippen molar-refractivity contribution >= 4 is 27.6 Å². The smallest absolute Gasteiger partial charge is 0.229 e. The Labute approximate surface area is 110 Å². The lowest BCUT2D eigenvalue weighted by Crippen LogP contribution is -2.18. The number of nitrogens with zero attached hydrogens (tertiary/aromatic N) is 3. The summed E-state index contributed by atoms with van der Waals surface area (Å²) in [6.07, 6.45) is 3.53. The van der Waals surface area contributed by atoms with Crippen molar-refractivity contribution in [1.82, 2.24) is 9.97 Å². The maximum atomic E-state index is 4.32. The van der Waals surface area contributed by atoms with Crippen molar-refractivity contribution in [2.45, 2.75) is 13.8 Å². The summed E-state index contributed by atoms with van der Waals surface area (Å²) in [5.41, 5.74) is 2.36. The maximum Gasteiger partial charge on any atom is 0.229 e. The van der Waals surface area contributed by atoms with Crippen LogP contribution in [0.4, 0.5) is 11.6 Å². The Bertz CT molecular complexity index is 434. The van der Waals surface area contributed by atoms with Crippen molar-refractivity contribution < 1.29 is 0 Å². The molecule has 0 aliphatic carbocycles. The van der Waals surface area contributed by atoms with Gasteiger partial charge in [0.15, 0.2) is 0 Å². The first-order valence-corrected chi connectivity index (χ1v) is 6.31. The Balaban J connectivity index is 2.33. The fourth-order valence-corrected chi connectivity index (χ4v) is 1.81. The highest BCUT2D eigenvalue weighted by Gasteiger charge is 2.09. The minimum Gasteiger partial charge on any atom is -0.311 e. The summed E-state index contributed by atoms with van der Waals surface area (Å²) in [6.45, 7) is 5.01. The molecule has 4 heteroatoms. The second-order valence-electron chi connectivity index (χ2n) is 3.78. The highest BCUT2D eigenvalue weighted by molar-refractivity contribution is 9.10. The lowest BCUT2D eigenvalue weighted by atomic mass is 10.2. The number of rotatable bonds is 3. The van der Waals surface area contributed by atoms with E-state index in [2.05, 4.69) is 68.9 Å². The fourth-order valence-electron chi connectivity index (χ4n) is 1.61. The van der Waals surface area contributed by atoms with E-state index in [1.807, 2.05) is 0 Å². The lowest BCUT2D eigenvalue weighted by Gasteiger charge is -2.20. The molecule has 0 radical (unpaired) electrons. The molecule has 0 amide bonds. The van der Waals surface area contributed by atoms with E-state index in [-0.39, 0.29) is 0 Å². The van der Waals surface area contributed by atoms with Crippen LogP contribution in [0.25, 0.3) is 0 Å². The van der Waals surface area contributed by atoms with E-state index < -0.39 is 0 Å². The van der Waals surface area contributed by atoms with Gasteiger partial charge in [-0.3, -0.25) is 0 Å². The SMILES string of the molecule is CCN(c1ccc(C)cc1)c1ncc(Br)cn1. The molecule has 0 aliphatic heterocycles. The van der Waals surface area contributed by atoms with Crippen LogP contribution >= 0.6 is 15.9 Å². The molecule has 0 unspecified atom stereocenters. The molecule has 0 aliphatic rings. The van der Waals surface area contributed by atoms with Gasteiger partial charge in [-0.25, -0.2) is 9.97 Å². The Hall–Kier alpha value is -1.42. The summed E-state index contributed by atoms with van der Waals surface area (Å²) in [7, 11) is 0. The zero-order chi connectivity index (χ0) is 12.3. The molecule has 1 aromatic carbocycles. The van der Waals surface area contributed by atoms with Gasteiger partial charge in [-0.1, -0.05) is 17.7 Å². The molecule has 0 atom stereocenters. The van der Waals surface area contributed by atoms with Crippen LogP contribution < -0.4 is 4.90 Å². The fraction of sp³-hybridized carbons (Fsp3) is 0.231. The molecule has 3 nitrogen and oxygen atoms in total. The average molecular weight is 292 g/mol. The Morgan fingerprint density at radius 2 is 1.71 bits per heavy atom. The van der Waals surface area contributed by atoms with E-state index in [0.29, 0.717) is 0 Å². The van der Waals surface area contributed by atoms with Crippen molar-refractivity contribution in [3.63, 3.8) is 0 Å². The number of aryl methyl sites for hydroxylation is 1. The van der Waals surface area contributed by atoms with Crippen molar-refractivity contribution in [2.75, 3.05) is 11.4 Å². The number of hydrogen-bond donors (Lipinski definition) is 0. The number of anilines is 2. The van der Waals surface area contributed by atoms with Crippen LogP contribution in [0.3, 0.4) is 0 Å². The van der Waals surface area contributed by atoms with E-state index >= 15 is 0 Å². The number of hydrogen-bond acceptors (Lipinski definition) is 3. The van der Waals surface area contributed by atoms with E-state index in [0.717, 1.165) is 22.7 Å². The van der Waals surface area contributed by atoms with Gasteiger partial charge in [0.2, 0.25) is 5.95 Å². The van der Waals surface area contributed by atoms with Gasteiger partial charge in [-0.15, -0.1) is 0 Å². The zero-order valence-corrected chi connectivity index (χ0v) is 11.5. The molecule has 0 spiro atoms. The van der Waals surface area contributed by atoms with Crippen molar-refractivity contribution in [1.29, 1.82) is 0 Å². The van der Waals surface area contributed by atoms with Crippen LogP contribution in [0.2, 0.25) is 0 Å². The number of aromatic nitrogens is 2. The summed E-state index contributed by atoms with van der Waals surface area (Å²) in [5, 5.41) is 0. The predicted octanol–water partition coefficient (Wildman–Crippen LogP) is 3.71. The van der Waals surface area contributed by atoms with Gasteiger partial charge in [-0.05, 0) is 41.9 Å². The normalized spacial score (nSPS) is 10.3. The van der Waals surface area contributed by atoms with E-state index in [9.17, 15) is 0 Å². The minimum absolute atomic E-state index is 0.722. The highest BCUT2D eigenvalue weighted by Crippen LogP contribution is 2.22. The molecule has 1 aromatic heterocycles. The van der Waals surface area contributed by atoms with Gasteiger partial charge < -0.3 is 4.90 Å². The summed E-state index contributed by atoms with van der Waals surface area (Å²) in [6, 6.07) is 8.36. The Morgan fingerprint density at radius 1 is 1.12 bits per heavy atom. The van der Waals surface area contributed by atoms with Gasteiger partial charge in [0, 0.05) is 24.6 Å². The largest absolute Gasteiger partial charge is 0.311 e. The molecule has 0 fully saturated rings. The quantitative estimate of drug-likeness (QED) is 0.863. The molecule has 0 N–H and O–H groups in total. The third kappa shape index (κ3) is 2.82. The molecular weight excluding hydrogens is 278 g/mol. The molecule has 0 saturated heterocycles. The van der Waals surface area contributed by atoms with Crippen LogP contribution in [0.1, 0.15) is 12.5 Å². The van der Waals surface area contributed by atoms with Crippen molar-refractivity contribution in [3.05, 3.63) is 46.7 Å². The van der Waals surface area contributed by atoms with Crippen LogP contribution in [0.5, 0.6) is 0 Å². The second-order valence-corrected chi connectivity index (χ2v) is 4.70. The van der Waals surface area contributed by atoms with E-state index in [1.54, 1.807) is 12.4 Å². The first-order valence-electron chi connectivity index (χ1n) is 5.52. The van der Waals surface area contributed by atoms with E-state index in [4.69, 9.17) is 0 Å². The van der Waals surface area contributed by atoms with Crippen molar-refractivity contribution in [3.8, 4) is 0 Å². The van der Waals surface area contributed by atoms with Crippen LogP contribution in [0.15, 0.2) is 41.1 Å². The van der Waals surface area contributed by atoms with Gasteiger partial charge in [0.05, 0.1) is 4.47 Å². The second kappa shape index (κ2) is 5.27.